The third-order valence-corrected chi connectivity index (χ3v) is 6.09. The average Bonchev–Trinajstić information content (AvgIpc) is 3.29. The molecule has 36 heavy (non-hydrogen) atoms. The van der Waals surface area contributed by atoms with E-state index in [-0.39, 0.29) is 17.8 Å². The third kappa shape index (κ3) is 5.89. The molecule has 0 aliphatic rings. The zero-order valence-corrected chi connectivity index (χ0v) is 19.3. The monoisotopic (exact) mass is 513 g/mol. The van der Waals surface area contributed by atoms with Crippen LogP contribution in [0.3, 0.4) is 0 Å². The highest BCUT2D eigenvalue weighted by Crippen LogP contribution is 2.30. The zero-order valence-electron chi connectivity index (χ0n) is 18.5. The van der Waals surface area contributed by atoms with Crippen molar-refractivity contribution in [3.63, 3.8) is 0 Å². The Morgan fingerprint density at radius 1 is 1.00 bits per heavy atom. The van der Waals surface area contributed by atoms with E-state index in [1.54, 1.807) is 4.57 Å². The lowest BCUT2D eigenvalue weighted by Gasteiger charge is -2.12. The molecule has 0 unspecified atom stereocenters. The summed E-state index contributed by atoms with van der Waals surface area (Å²) in [6.07, 6.45) is -4.57. The molecule has 0 fully saturated rings. The molecular weight excluding hydrogens is 495 g/mol. The van der Waals surface area contributed by atoms with Crippen molar-refractivity contribution in [1.82, 2.24) is 20.1 Å². The Balaban J connectivity index is 1.58. The van der Waals surface area contributed by atoms with Crippen LogP contribution >= 0.6 is 11.8 Å². The summed E-state index contributed by atoms with van der Waals surface area (Å²) in [6.45, 7) is -0.134. The van der Waals surface area contributed by atoms with Crippen molar-refractivity contribution in [3.8, 4) is 5.69 Å². The Labute approximate surface area is 207 Å². The maximum absolute atomic E-state index is 13.0. The normalized spacial score (nSPS) is 11.3. The number of non-ortho nitro benzene ring substituents is 1. The Kier molecular flexibility index (Phi) is 7.34. The fourth-order valence-electron chi connectivity index (χ4n) is 3.31. The SMILES string of the molecule is O=C(NCc1nnc(SCc2ccccc2)n1-c1ccc([N+](=O)[O-])cc1)c1cccc(C(F)(F)F)c1. The van der Waals surface area contributed by atoms with Gasteiger partial charge in [0.15, 0.2) is 11.0 Å². The summed E-state index contributed by atoms with van der Waals surface area (Å²) >= 11 is 1.38. The van der Waals surface area contributed by atoms with E-state index in [0.717, 1.165) is 23.8 Å². The van der Waals surface area contributed by atoms with Crippen LogP contribution in [-0.4, -0.2) is 25.6 Å². The molecule has 1 N–H and O–H groups in total. The quantitative estimate of drug-likeness (QED) is 0.192. The van der Waals surface area contributed by atoms with Crippen molar-refractivity contribution in [2.75, 3.05) is 0 Å². The number of halogens is 3. The number of carbonyl (C=O) groups is 1. The molecule has 184 valence electrons. The summed E-state index contributed by atoms with van der Waals surface area (Å²) in [5.41, 5.74) is 0.406. The number of nitro benzene ring substituents is 1. The number of hydrogen-bond acceptors (Lipinski definition) is 6. The molecule has 0 saturated carbocycles. The minimum atomic E-state index is -4.57. The van der Waals surface area contributed by atoms with E-state index in [2.05, 4.69) is 15.5 Å². The van der Waals surface area contributed by atoms with E-state index in [1.807, 2.05) is 30.3 Å². The average molecular weight is 514 g/mol. The van der Waals surface area contributed by atoms with Gasteiger partial charge in [0.2, 0.25) is 0 Å². The lowest BCUT2D eigenvalue weighted by atomic mass is 10.1. The first-order valence-corrected chi connectivity index (χ1v) is 11.5. The number of aromatic nitrogens is 3. The zero-order chi connectivity index (χ0) is 25.7. The van der Waals surface area contributed by atoms with Gasteiger partial charge in [-0.25, -0.2) is 0 Å². The first-order valence-electron chi connectivity index (χ1n) is 10.5. The molecule has 1 aromatic heterocycles. The van der Waals surface area contributed by atoms with Crippen LogP contribution in [-0.2, 0) is 18.5 Å². The number of benzene rings is 3. The molecule has 0 aliphatic heterocycles. The highest BCUT2D eigenvalue weighted by molar-refractivity contribution is 7.98. The fourth-order valence-corrected chi connectivity index (χ4v) is 4.24. The van der Waals surface area contributed by atoms with Gasteiger partial charge in [0, 0.05) is 29.1 Å². The van der Waals surface area contributed by atoms with Gasteiger partial charge in [-0.3, -0.25) is 19.5 Å². The smallest absolute Gasteiger partial charge is 0.345 e. The lowest BCUT2D eigenvalue weighted by molar-refractivity contribution is -0.384. The van der Waals surface area contributed by atoms with Gasteiger partial charge in [-0.1, -0.05) is 48.2 Å². The van der Waals surface area contributed by atoms with E-state index < -0.39 is 22.6 Å². The topological polar surface area (TPSA) is 103 Å². The number of amides is 1. The lowest BCUT2D eigenvalue weighted by Crippen LogP contribution is -2.25. The van der Waals surface area contributed by atoms with E-state index in [1.165, 1.54) is 42.1 Å². The van der Waals surface area contributed by atoms with Gasteiger partial charge in [0.05, 0.1) is 17.0 Å². The second-order valence-electron chi connectivity index (χ2n) is 7.54. The van der Waals surface area contributed by atoms with Crippen LogP contribution in [0.15, 0.2) is 84.0 Å². The fraction of sp³-hybridized carbons (Fsp3) is 0.125. The van der Waals surface area contributed by atoms with Crippen molar-refractivity contribution < 1.29 is 22.9 Å². The second-order valence-corrected chi connectivity index (χ2v) is 8.49. The molecule has 0 bridgehead atoms. The summed E-state index contributed by atoms with van der Waals surface area (Å²) in [5.74, 6) is 0.167. The minimum absolute atomic E-state index is 0.0929. The van der Waals surface area contributed by atoms with E-state index in [4.69, 9.17) is 0 Å². The Morgan fingerprint density at radius 2 is 1.72 bits per heavy atom. The number of nitro groups is 1. The van der Waals surface area contributed by atoms with Crippen LogP contribution in [0, 0.1) is 10.1 Å². The number of nitrogens with one attached hydrogen (secondary N) is 1. The Bertz CT molecular complexity index is 1380. The summed E-state index contributed by atoms with van der Waals surface area (Å²) in [7, 11) is 0. The predicted molar refractivity (Wildman–Crippen MR) is 127 cm³/mol. The van der Waals surface area contributed by atoms with Crippen LogP contribution < -0.4 is 5.32 Å². The number of alkyl halides is 3. The van der Waals surface area contributed by atoms with E-state index in [0.29, 0.717) is 22.4 Å². The first-order chi connectivity index (χ1) is 17.2. The van der Waals surface area contributed by atoms with Crippen LogP contribution in [0.4, 0.5) is 18.9 Å². The molecule has 8 nitrogen and oxygen atoms in total. The van der Waals surface area contributed by atoms with E-state index in [9.17, 15) is 28.1 Å². The molecule has 1 heterocycles. The van der Waals surface area contributed by atoms with Crippen LogP contribution in [0.1, 0.15) is 27.3 Å². The number of nitrogens with zero attached hydrogens (tertiary/aromatic N) is 4. The Morgan fingerprint density at radius 3 is 2.39 bits per heavy atom. The van der Waals surface area contributed by atoms with Crippen molar-refractivity contribution in [1.29, 1.82) is 0 Å². The van der Waals surface area contributed by atoms with Crippen LogP contribution in [0.2, 0.25) is 0 Å². The molecule has 4 rings (SSSR count). The molecular formula is C24H18F3N5O3S. The molecule has 0 atom stereocenters. The molecule has 12 heteroatoms. The third-order valence-electron chi connectivity index (χ3n) is 5.09. The van der Waals surface area contributed by atoms with Gasteiger partial charge in [-0.2, -0.15) is 13.2 Å². The van der Waals surface area contributed by atoms with Gasteiger partial charge in [0.25, 0.3) is 11.6 Å². The van der Waals surface area contributed by atoms with Crippen molar-refractivity contribution in [2.24, 2.45) is 0 Å². The summed E-state index contributed by atoms with van der Waals surface area (Å²) in [4.78, 5) is 23.1. The summed E-state index contributed by atoms with van der Waals surface area (Å²) < 4.78 is 40.6. The summed E-state index contributed by atoms with van der Waals surface area (Å²) in [5, 5.41) is 22.5. The number of rotatable bonds is 8. The number of hydrogen-bond donors (Lipinski definition) is 1. The highest BCUT2D eigenvalue weighted by Gasteiger charge is 2.31. The van der Waals surface area contributed by atoms with Gasteiger partial charge in [-0.05, 0) is 35.9 Å². The maximum Gasteiger partial charge on any atom is 0.416 e. The minimum Gasteiger partial charge on any atom is -0.345 e. The Hall–Kier alpha value is -4.19. The predicted octanol–water partition coefficient (Wildman–Crippen LogP) is 5.42. The van der Waals surface area contributed by atoms with Crippen LogP contribution in [0.25, 0.3) is 5.69 Å². The van der Waals surface area contributed by atoms with Gasteiger partial charge in [0.1, 0.15) is 0 Å². The molecule has 4 aromatic rings. The molecule has 3 aromatic carbocycles. The molecule has 0 spiro atoms. The largest absolute Gasteiger partial charge is 0.416 e. The van der Waals surface area contributed by atoms with Gasteiger partial charge < -0.3 is 5.32 Å². The highest BCUT2D eigenvalue weighted by atomic mass is 32.2. The molecule has 0 aliphatic carbocycles. The van der Waals surface area contributed by atoms with Gasteiger partial charge >= 0.3 is 6.18 Å². The second kappa shape index (κ2) is 10.6. The molecule has 0 radical (unpaired) electrons. The summed E-state index contributed by atoms with van der Waals surface area (Å²) in [6, 6.07) is 19.5. The van der Waals surface area contributed by atoms with Crippen molar-refractivity contribution in [2.45, 2.75) is 23.6 Å². The van der Waals surface area contributed by atoms with Gasteiger partial charge in [-0.15, -0.1) is 10.2 Å². The van der Waals surface area contributed by atoms with Crippen molar-refractivity contribution in [3.05, 3.63) is 111 Å². The van der Waals surface area contributed by atoms with Crippen LogP contribution in [0.5, 0.6) is 0 Å². The first kappa shape index (κ1) is 24.9. The number of thioether (sulfide) groups is 1. The number of carbonyl (C=O) groups excluding carboxylic acids is 1. The van der Waals surface area contributed by atoms with Crippen molar-refractivity contribution >= 4 is 23.4 Å². The maximum atomic E-state index is 13.0. The molecule has 1 amide bonds. The molecule has 0 saturated heterocycles. The standard InChI is InChI=1S/C24H18F3N5O3S/c25-24(26,27)18-8-4-7-17(13-18)22(33)28-14-21-29-30-23(36-15-16-5-2-1-3-6-16)31(21)19-9-11-20(12-10-19)32(34)35/h1-13H,14-15H2,(H,28,33). The van der Waals surface area contributed by atoms with E-state index >= 15 is 0 Å².